The number of nitrogens with zero attached hydrogens (tertiary/aromatic N) is 1. The third-order valence-corrected chi connectivity index (χ3v) is 4.77. The van der Waals surface area contributed by atoms with E-state index in [0.29, 0.717) is 22.5 Å². The maximum Gasteiger partial charge on any atom is 0.262 e. The minimum atomic E-state index is -3.79. The van der Waals surface area contributed by atoms with E-state index in [9.17, 15) is 13.5 Å². The van der Waals surface area contributed by atoms with Gasteiger partial charge in [0.05, 0.1) is 17.2 Å². The van der Waals surface area contributed by atoms with Gasteiger partial charge in [0.15, 0.2) is 0 Å². The fourth-order valence-corrected chi connectivity index (χ4v) is 3.64. The molecule has 0 saturated carbocycles. The molecule has 0 bridgehead atoms. The number of hydrogen-bond acceptors (Lipinski definition) is 4. The van der Waals surface area contributed by atoms with Gasteiger partial charge >= 0.3 is 0 Å². The Bertz CT molecular complexity index is 776. The third-order valence-electron chi connectivity index (χ3n) is 3.04. The van der Waals surface area contributed by atoms with Gasteiger partial charge in [0.2, 0.25) is 0 Å². The van der Waals surface area contributed by atoms with Crippen molar-refractivity contribution < 1.29 is 13.5 Å². The van der Waals surface area contributed by atoms with Gasteiger partial charge in [0.1, 0.15) is 0 Å². The molecule has 112 valence electrons. The van der Waals surface area contributed by atoms with Gasteiger partial charge in [-0.25, -0.2) is 8.42 Å². The van der Waals surface area contributed by atoms with Crippen LogP contribution in [-0.4, -0.2) is 18.5 Å². The number of aliphatic hydroxyl groups is 1. The van der Waals surface area contributed by atoms with Gasteiger partial charge < -0.3 is 5.11 Å². The summed E-state index contributed by atoms with van der Waals surface area (Å²) in [5.74, 6) is 0. The summed E-state index contributed by atoms with van der Waals surface area (Å²) in [4.78, 5) is 4.06. The van der Waals surface area contributed by atoms with Gasteiger partial charge in [-0.15, -0.1) is 0 Å². The quantitative estimate of drug-likeness (QED) is 0.905. The normalized spacial score (nSPS) is 11.4. The van der Waals surface area contributed by atoms with Crippen LogP contribution in [0.15, 0.2) is 35.4 Å². The largest absolute Gasteiger partial charge is 0.392 e. The molecule has 0 aliphatic carbocycles. The van der Waals surface area contributed by atoms with E-state index in [1.807, 2.05) is 0 Å². The fraction of sp³-hybridized carbons (Fsp3) is 0.214. The standard InChI is InChI=1S/C14H15ClN2O3S/c1-9-5-13(3-4-16-9)17-21(19,20)14-7-12(15)6-11(8-18)10(14)2/h3-7,18H,8H2,1-2H3,(H,16,17). The molecule has 1 aromatic heterocycles. The van der Waals surface area contributed by atoms with Crippen LogP contribution >= 0.6 is 11.6 Å². The molecule has 2 aromatic rings. The lowest BCUT2D eigenvalue weighted by Crippen LogP contribution is -2.15. The van der Waals surface area contributed by atoms with Crippen molar-refractivity contribution in [2.24, 2.45) is 0 Å². The summed E-state index contributed by atoms with van der Waals surface area (Å²) in [6.07, 6.45) is 1.52. The van der Waals surface area contributed by atoms with Crippen LogP contribution in [0.1, 0.15) is 16.8 Å². The number of aromatic nitrogens is 1. The molecule has 5 nitrogen and oxygen atoms in total. The van der Waals surface area contributed by atoms with Crippen molar-refractivity contribution in [3.63, 3.8) is 0 Å². The van der Waals surface area contributed by atoms with E-state index in [4.69, 9.17) is 11.6 Å². The van der Waals surface area contributed by atoms with Crippen molar-refractivity contribution >= 4 is 27.3 Å². The number of nitrogens with one attached hydrogen (secondary N) is 1. The Morgan fingerprint density at radius 2 is 2.00 bits per heavy atom. The Kier molecular flexibility index (Phi) is 4.51. The van der Waals surface area contributed by atoms with E-state index in [-0.39, 0.29) is 16.5 Å². The zero-order valence-electron chi connectivity index (χ0n) is 11.6. The number of aliphatic hydroxyl groups excluding tert-OH is 1. The van der Waals surface area contributed by atoms with E-state index >= 15 is 0 Å². The van der Waals surface area contributed by atoms with Crippen LogP contribution in [0.2, 0.25) is 5.02 Å². The first kappa shape index (κ1) is 15.8. The number of aryl methyl sites for hydroxylation is 1. The van der Waals surface area contributed by atoms with Crippen molar-refractivity contribution in [1.29, 1.82) is 0 Å². The molecular weight excluding hydrogens is 312 g/mol. The maximum atomic E-state index is 12.5. The second-order valence-electron chi connectivity index (χ2n) is 4.64. The average molecular weight is 327 g/mol. The number of rotatable bonds is 4. The predicted octanol–water partition coefficient (Wildman–Crippen LogP) is 2.64. The molecule has 2 rings (SSSR count). The number of sulfonamides is 1. The predicted molar refractivity (Wildman–Crippen MR) is 81.9 cm³/mol. The van der Waals surface area contributed by atoms with Crippen molar-refractivity contribution in [1.82, 2.24) is 4.98 Å². The molecule has 0 saturated heterocycles. The first-order valence-electron chi connectivity index (χ1n) is 6.19. The zero-order chi connectivity index (χ0) is 15.6. The van der Waals surface area contributed by atoms with Gasteiger partial charge in [0.25, 0.3) is 10.0 Å². The van der Waals surface area contributed by atoms with Crippen LogP contribution in [0, 0.1) is 13.8 Å². The number of halogens is 1. The van der Waals surface area contributed by atoms with Crippen LogP contribution in [0.4, 0.5) is 5.69 Å². The molecule has 1 aromatic carbocycles. The highest BCUT2D eigenvalue weighted by atomic mass is 35.5. The van der Waals surface area contributed by atoms with Crippen molar-refractivity contribution in [3.8, 4) is 0 Å². The zero-order valence-corrected chi connectivity index (χ0v) is 13.2. The fourth-order valence-electron chi connectivity index (χ4n) is 1.97. The van der Waals surface area contributed by atoms with E-state index in [0.717, 1.165) is 0 Å². The van der Waals surface area contributed by atoms with Crippen LogP contribution in [0.25, 0.3) is 0 Å². The average Bonchev–Trinajstić information content (AvgIpc) is 2.40. The highest BCUT2D eigenvalue weighted by molar-refractivity contribution is 7.92. The minimum absolute atomic E-state index is 0.0496. The first-order valence-corrected chi connectivity index (χ1v) is 8.05. The summed E-state index contributed by atoms with van der Waals surface area (Å²) in [5, 5.41) is 9.54. The second-order valence-corrected chi connectivity index (χ2v) is 6.72. The molecule has 7 heteroatoms. The van der Waals surface area contributed by atoms with E-state index < -0.39 is 10.0 Å². The van der Waals surface area contributed by atoms with Gasteiger partial charge in [-0.3, -0.25) is 9.71 Å². The van der Waals surface area contributed by atoms with Crippen molar-refractivity contribution in [2.45, 2.75) is 25.3 Å². The van der Waals surface area contributed by atoms with Crippen molar-refractivity contribution in [3.05, 3.63) is 52.3 Å². The Morgan fingerprint density at radius 1 is 1.29 bits per heavy atom. The highest BCUT2D eigenvalue weighted by Crippen LogP contribution is 2.26. The lowest BCUT2D eigenvalue weighted by atomic mass is 10.1. The topological polar surface area (TPSA) is 79.3 Å². The third kappa shape index (κ3) is 3.53. The summed E-state index contributed by atoms with van der Waals surface area (Å²) in [7, 11) is -3.79. The lowest BCUT2D eigenvalue weighted by molar-refractivity contribution is 0.280. The summed E-state index contributed by atoms with van der Waals surface area (Å²) < 4.78 is 27.5. The first-order chi connectivity index (χ1) is 9.83. The highest BCUT2D eigenvalue weighted by Gasteiger charge is 2.20. The molecule has 0 unspecified atom stereocenters. The SMILES string of the molecule is Cc1cc(NS(=O)(=O)c2cc(Cl)cc(CO)c2C)ccn1. The second kappa shape index (κ2) is 6.01. The molecule has 1 heterocycles. The molecule has 0 aliphatic rings. The molecular formula is C14H15ClN2O3S. The Morgan fingerprint density at radius 3 is 2.62 bits per heavy atom. The number of hydrogen-bond donors (Lipinski definition) is 2. The summed E-state index contributed by atoms with van der Waals surface area (Å²) in [6, 6.07) is 6.11. The summed E-state index contributed by atoms with van der Waals surface area (Å²) >= 11 is 5.92. The van der Waals surface area contributed by atoms with Crippen LogP contribution in [0.3, 0.4) is 0 Å². The van der Waals surface area contributed by atoms with Crippen LogP contribution in [-0.2, 0) is 16.6 Å². The smallest absolute Gasteiger partial charge is 0.262 e. The lowest BCUT2D eigenvalue weighted by Gasteiger charge is -2.13. The van der Waals surface area contributed by atoms with E-state index in [1.165, 1.54) is 12.3 Å². The van der Waals surface area contributed by atoms with E-state index in [2.05, 4.69) is 9.71 Å². The van der Waals surface area contributed by atoms with Gasteiger partial charge in [-0.05, 0) is 49.2 Å². The minimum Gasteiger partial charge on any atom is -0.392 e. The molecule has 0 fully saturated rings. The number of anilines is 1. The summed E-state index contributed by atoms with van der Waals surface area (Å²) in [5.41, 5.74) is 2.08. The van der Waals surface area contributed by atoms with E-state index in [1.54, 1.807) is 32.0 Å². The molecule has 2 N–H and O–H groups in total. The van der Waals surface area contributed by atoms with Gasteiger partial charge in [0, 0.05) is 16.9 Å². The van der Waals surface area contributed by atoms with Crippen LogP contribution < -0.4 is 4.72 Å². The molecule has 0 radical (unpaired) electrons. The molecule has 0 atom stereocenters. The molecule has 0 amide bonds. The Balaban J connectivity index is 2.47. The van der Waals surface area contributed by atoms with Gasteiger partial charge in [-0.1, -0.05) is 11.6 Å². The Hall–Kier alpha value is -1.63. The maximum absolute atomic E-state index is 12.5. The summed E-state index contributed by atoms with van der Waals surface area (Å²) in [6.45, 7) is 3.13. The molecule has 21 heavy (non-hydrogen) atoms. The number of benzene rings is 1. The number of pyridine rings is 1. The molecule has 0 aliphatic heterocycles. The molecule has 0 spiro atoms. The van der Waals surface area contributed by atoms with Gasteiger partial charge in [-0.2, -0.15) is 0 Å². The van der Waals surface area contributed by atoms with Crippen molar-refractivity contribution in [2.75, 3.05) is 4.72 Å². The monoisotopic (exact) mass is 326 g/mol. The van der Waals surface area contributed by atoms with Crippen LogP contribution in [0.5, 0.6) is 0 Å². The Labute approximate surface area is 128 Å².